The van der Waals surface area contributed by atoms with Gasteiger partial charge in [-0.05, 0) is 57.8 Å². The largest absolute Gasteiger partial charge is 0.472 e. The van der Waals surface area contributed by atoms with Crippen LogP contribution in [0.25, 0.3) is 0 Å². The minimum absolute atomic E-state index is 0.268. The Morgan fingerprint density at radius 2 is 1.11 bits per heavy atom. The number of allylic oxidation sites excluding steroid dienone is 7. The van der Waals surface area contributed by atoms with E-state index >= 15 is 0 Å². The molecule has 0 heterocycles. The molecule has 0 aromatic carbocycles. The smallest absolute Gasteiger partial charge is 0.393 e. The maximum absolute atomic E-state index is 12.9. The number of phosphoric acid groups is 1. The number of aliphatic hydroxyl groups is 7. The molecule has 1 amide bonds. The quantitative estimate of drug-likeness (QED) is 0.0162. The van der Waals surface area contributed by atoms with Crippen LogP contribution in [0, 0.1) is 0 Å². The number of aliphatic hydroxyl groups excluding tert-OH is 7. The lowest BCUT2D eigenvalue weighted by Gasteiger charge is -2.41. The summed E-state index contributed by atoms with van der Waals surface area (Å²) < 4.78 is 22.8. The Morgan fingerprint density at radius 1 is 0.643 bits per heavy atom. The van der Waals surface area contributed by atoms with E-state index < -0.39 is 75.2 Å². The minimum Gasteiger partial charge on any atom is -0.393 e. The Kier molecular flexibility index (Phi) is 30.0. The highest BCUT2D eigenvalue weighted by atomic mass is 31.2. The fourth-order valence-corrected chi connectivity index (χ4v) is 7.33. The zero-order valence-electron chi connectivity index (χ0n) is 34.0. The maximum Gasteiger partial charge on any atom is 0.472 e. The van der Waals surface area contributed by atoms with Crippen molar-refractivity contribution in [1.82, 2.24) is 5.32 Å². The number of carbonyl (C=O) groups is 1. The summed E-state index contributed by atoms with van der Waals surface area (Å²) in [6, 6.07) is -1.26. The van der Waals surface area contributed by atoms with Crippen molar-refractivity contribution in [3.63, 3.8) is 0 Å². The fourth-order valence-electron chi connectivity index (χ4n) is 6.36. The summed E-state index contributed by atoms with van der Waals surface area (Å²) in [5, 5.41) is 74.2. The van der Waals surface area contributed by atoms with Gasteiger partial charge in [-0.1, -0.05) is 133 Å². The van der Waals surface area contributed by atoms with Gasteiger partial charge in [-0.25, -0.2) is 4.57 Å². The van der Waals surface area contributed by atoms with E-state index in [1.165, 1.54) is 63.9 Å². The van der Waals surface area contributed by atoms with Gasteiger partial charge < -0.3 is 46.0 Å². The van der Waals surface area contributed by atoms with Crippen LogP contribution < -0.4 is 5.32 Å². The molecule has 1 saturated carbocycles. The molecule has 0 bridgehead atoms. The average molecular weight is 818 g/mol. The summed E-state index contributed by atoms with van der Waals surface area (Å²) in [6.07, 6.45) is 22.1. The van der Waals surface area contributed by atoms with E-state index in [0.717, 1.165) is 57.8 Å². The van der Waals surface area contributed by atoms with E-state index in [1.807, 2.05) is 0 Å². The van der Waals surface area contributed by atoms with Crippen molar-refractivity contribution < 1.29 is 59.0 Å². The Hall–Kier alpha value is -1.74. The topological polar surface area (TPSA) is 226 Å². The summed E-state index contributed by atoms with van der Waals surface area (Å²) >= 11 is 0. The van der Waals surface area contributed by atoms with Gasteiger partial charge in [0.25, 0.3) is 0 Å². The molecule has 14 heteroatoms. The van der Waals surface area contributed by atoms with Gasteiger partial charge in [-0.15, -0.1) is 0 Å². The molecule has 1 rings (SSSR count). The van der Waals surface area contributed by atoms with Gasteiger partial charge in [-0.3, -0.25) is 13.8 Å². The van der Waals surface area contributed by atoms with Gasteiger partial charge in [0.05, 0.1) is 31.3 Å². The standard InChI is InChI=1S/C42H76NO12P/c1-3-5-7-9-11-13-15-17-19-21-23-25-27-29-33(44)31-36(46)43-34(35(45)30-28-26-24-22-20-18-16-14-12-10-8-6-4-2)32-54-56(52,53)55-42-40(50)38(48)37(47)39(49)41(42)51/h11,13,15,17,20,22,28,30,33-35,37-42,44-45,47-51H,3-10,12,14,16,18-19,21,23-27,29,31-32H2,1-2H3,(H,43,46)(H,52,53)/b13-11-,17-15-,22-20+,30-28+. The lowest BCUT2D eigenvalue weighted by molar-refractivity contribution is -0.220. The van der Waals surface area contributed by atoms with Gasteiger partial charge in [0, 0.05) is 0 Å². The van der Waals surface area contributed by atoms with Crippen molar-refractivity contribution in [3.8, 4) is 0 Å². The minimum atomic E-state index is -5.15. The molecule has 9 N–H and O–H groups in total. The molecule has 0 saturated heterocycles. The maximum atomic E-state index is 12.9. The number of nitrogens with one attached hydrogen (secondary N) is 1. The monoisotopic (exact) mass is 818 g/mol. The van der Waals surface area contributed by atoms with E-state index in [2.05, 4.69) is 55.6 Å². The van der Waals surface area contributed by atoms with E-state index in [0.29, 0.717) is 12.8 Å². The Morgan fingerprint density at radius 3 is 1.71 bits per heavy atom. The van der Waals surface area contributed by atoms with Crippen LogP contribution >= 0.6 is 7.82 Å². The first-order valence-electron chi connectivity index (χ1n) is 21.2. The van der Waals surface area contributed by atoms with Crippen molar-refractivity contribution >= 4 is 13.7 Å². The van der Waals surface area contributed by atoms with E-state index in [-0.39, 0.29) is 6.42 Å². The fraction of sp³-hybridized carbons (Fsp3) is 0.786. The molecule has 56 heavy (non-hydrogen) atoms. The molecule has 1 aliphatic rings. The molecule has 0 radical (unpaired) electrons. The van der Waals surface area contributed by atoms with E-state index in [1.54, 1.807) is 6.08 Å². The van der Waals surface area contributed by atoms with Crippen LogP contribution in [-0.2, 0) is 18.4 Å². The van der Waals surface area contributed by atoms with Crippen LogP contribution in [0.2, 0.25) is 0 Å². The highest BCUT2D eigenvalue weighted by Crippen LogP contribution is 2.47. The number of rotatable bonds is 33. The molecule has 0 aliphatic heterocycles. The molecular weight excluding hydrogens is 741 g/mol. The summed E-state index contributed by atoms with van der Waals surface area (Å²) in [7, 11) is -5.15. The third-order valence-electron chi connectivity index (χ3n) is 9.91. The first-order chi connectivity index (χ1) is 26.8. The summed E-state index contributed by atoms with van der Waals surface area (Å²) in [5.74, 6) is -0.619. The summed E-state index contributed by atoms with van der Waals surface area (Å²) in [5.41, 5.74) is 0. The Balaban J connectivity index is 2.66. The summed E-state index contributed by atoms with van der Waals surface area (Å²) in [6.45, 7) is 3.64. The van der Waals surface area contributed by atoms with Crippen LogP contribution in [0.15, 0.2) is 48.6 Å². The van der Waals surface area contributed by atoms with Crippen LogP contribution in [0.4, 0.5) is 0 Å². The lowest BCUT2D eigenvalue weighted by atomic mass is 9.85. The zero-order chi connectivity index (χ0) is 41.6. The third kappa shape index (κ3) is 24.2. The first kappa shape index (κ1) is 52.3. The average Bonchev–Trinajstić information content (AvgIpc) is 3.17. The predicted molar refractivity (Wildman–Crippen MR) is 219 cm³/mol. The van der Waals surface area contributed by atoms with Crippen molar-refractivity contribution in [2.24, 2.45) is 0 Å². The second kappa shape index (κ2) is 32.2. The molecule has 1 fully saturated rings. The second-order valence-corrected chi connectivity index (χ2v) is 16.4. The van der Waals surface area contributed by atoms with Crippen LogP contribution in [0.5, 0.6) is 0 Å². The number of unbranched alkanes of at least 4 members (excludes halogenated alkanes) is 15. The van der Waals surface area contributed by atoms with Crippen molar-refractivity contribution in [2.75, 3.05) is 6.61 Å². The number of hydrogen-bond donors (Lipinski definition) is 9. The Bertz CT molecular complexity index is 1150. The van der Waals surface area contributed by atoms with Gasteiger partial charge >= 0.3 is 7.82 Å². The lowest BCUT2D eigenvalue weighted by Crippen LogP contribution is -2.64. The number of phosphoric ester groups is 1. The molecule has 8 atom stereocenters. The van der Waals surface area contributed by atoms with Crippen molar-refractivity contribution in [2.45, 2.75) is 204 Å². The predicted octanol–water partition coefficient (Wildman–Crippen LogP) is 5.97. The van der Waals surface area contributed by atoms with Gasteiger partial charge in [0.15, 0.2) is 0 Å². The molecule has 8 unspecified atom stereocenters. The van der Waals surface area contributed by atoms with Gasteiger partial charge in [0.1, 0.15) is 36.6 Å². The van der Waals surface area contributed by atoms with E-state index in [9.17, 15) is 50.0 Å². The summed E-state index contributed by atoms with van der Waals surface area (Å²) in [4.78, 5) is 23.3. The SMILES string of the molecule is CCCCC/C=C\C=C/CCCCCCC(O)CC(=O)NC(COP(=O)(O)OC1C(O)C(O)C(O)C(O)C1O)C(O)/C=C/CC/C=C/CCCCCCCCC. The number of carbonyl (C=O) groups excluding carboxylic acids is 1. The molecule has 0 aromatic heterocycles. The van der Waals surface area contributed by atoms with E-state index in [4.69, 9.17) is 9.05 Å². The van der Waals surface area contributed by atoms with Gasteiger partial charge in [-0.2, -0.15) is 0 Å². The highest BCUT2D eigenvalue weighted by Gasteiger charge is 2.51. The molecule has 1 aliphatic carbocycles. The van der Waals surface area contributed by atoms with Crippen molar-refractivity contribution in [3.05, 3.63) is 48.6 Å². The van der Waals surface area contributed by atoms with Crippen LogP contribution in [0.3, 0.4) is 0 Å². The second-order valence-electron chi connectivity index (χ2n) is 15.0. The Labute approximate surface area is 336 Å². The molecule has 326 valence electrons. The molecule has 0 spiro atoms. The number of amides is 1. The zero-order valence-corrected chi connectivity index (χ0v) is 34.9. The highest BCUT2D eigenvalue weighted by molar-refractivity contribution is 7.47. The molecule has 13 nitrogen and oxygen atoms in total. The molecular formula is C42H76NO12P. The van der Waals surface area contributed by atoms with Crippen LogP contribution in [0.1, 0.15) is 149 Å². The van der Waals surface area contributed by atoms with Crippen LogP contribution in [-0.4, -0.2) is 108 Å². The third-order valence-corrected chi connectivity index (χ3v) is 10.9. The number of hydrogen-bond acceptors (Lipinski definition) is 11. The van der Waals surface area contributed by atoms with Crippen molar-refractivity contribution in [1.29, 1.82) is 0 Å². The normalized spacial score (nSPS) is 24.7. The van der Waals surface area contributed by atoms with Gasteiger partial charge in [0.2, 0.25) is 5.91 Å². The molecule has 0 aromatic rings. The first-order valence-corrected chi connectivity index (χ1v) is 22.7.